The van der Waals surface area contributed by atoms with Gasteiger partial charge < -0.3 is 20.7 Å². The summed E-state index contributed by atoms with van der Waals surface area (Å²) < 4.78 is 5.44. The third kappa shape index (κ3) is 5.83. The summed E-state index contributed by atoms with van der Waals surface area (Å²) in [5.74, 6) is 0.553. The summed E-state index contributed by atoms with van der Waals surface area (Å²) in [4.78, 5) is 6.77. The van der Waals surface area contributed by atoms with Gasteiger partial charge in [-0.25, -0.2) is 0 Å². The zero-order chi connectivity index (χ0) is 13.6. The Labute approximate surface area is 134 Å². The molecule has 1 aliphatic rings. The fraction of sp³-hybridized carbons (Fsp3) is 0.923. The lowest BCUT2D eigenvalue weighted by atomic mass is 9.89. The molecule has 1 aliphatic heterocycles. The van der Waals surface area contributed by atoms with E-state index in [1.807, 2.05) is 0 Å². The smallest absolute Gasteiger partial charge is 0.188 e. The summed E-state index contributed by atoms with van der Waals surface area (Å²) in [6.07, 6.45) is 3.07. The second-order valence-corrected chi connectivity index (χ2v) is 5.39. The third-order valence-corrected chi connectivity index (χ3v) is 3.92. The van der Waals surface area contributed by atoms with Crippen LogP contribution in [0.4, 0.5) is 0 Å². The number of ether oxygens (including phenoxy) is 1. The van der Waals surface area contributed by atoms with Gasteiger partial charge in [-0.2, -0.15) is 0 Å². The molecule has 1 atom stereocenters. The molecule has 1 saturated heterocycles. The fourth-order valence-corrected chi connectivity index (χ4v) is 2.13. The van der Waals surface area contributed by atoms with E-state index in [4.69, 9.17) is 10.5 Å². The lowest BCUT2D eigenvalue weighted by Crippen LogP contribution is -2.51. The molecule has 1 heterocycles. The molecule has 5 nitrogen and oxygen atoms in total. The molecular weight excluding hydrogens is 355 g/mol. The average molecular weight is 384 g/mol. The van der Waals surface area contributed by atoms with E-state index in [0.29, 0.717) is 12.0 Å². The lowest BCUT2D eigenvalue weighted by Gasteiger charge is -2.41. The van der Waals surface area contributed by atoms with Crippen molar-refractivity contribution < 1.29 is 4.74 Å². The van der Waals surface area contributed by atoms with E-state index in [2.05, 4.69) is 43.2 Å². The second kappa shape index (κ2) is 8.97. The Bertz CT molecular complexity index is 278. The molecule has 1 rings (SSSR count). The number of halogens is 1. The Kier molecular flexibility index (Phi) is 8.93. The Morgan fingerprint density at radius 2 is 2.00 bits per heavy atom. The van der Waals surface area contributed by atoms with Crippen LogP contribution in [0.25, 0.3) is 0 Å². The highest BCUT2D eigenvalue weighted by atomic mass is 127. The number of hydrogen-bond acceptors (Lipinski definition) is 3. The maximum atomic E-state index is 5.92. The summed E-state index contributed by atoms with van der Waals surface area (Å²) >= 11 is 0. The Morgan fingerprint density at radius 3 is 2.47 bits per heavy atom. The van der Waals surface area contributed by atoms with Gasteiger partial charge in [0, 0.05) is 24.8 Å². The average Bonchev–Trinajstić information content (AvgIpc) is 2.37. The van der Waals surface area contributed by atoms with Crippen LogP contribution in [-0.2, 0) is 4.74 Å². The quantitative estimate of drug-likeness (QED) is 0.428. The van der Waals surface area contributed by atoms with Gasteiger partial charge in [0.1, 0.15) is 0 Å². The molecule has 3 N–H and O–H groups in total. The highest BCUT2D eigenvalue weighted by Gasteiger charge is 2.34. The number of nitrogens with one attached hydrogen (secondary N) is 1. The van der Waals surface area contributed by atoms with Gasteiger partial charge in [-0.15, -0.1) is 24.0 Å². The van der Waals surface area contributed by atoms with E-state index in [9.17, 15) is 0 Å². The molecule has 114 valence electrons. The van der Waals surface area contributed by atoms with Gasteiger partial charge in [-0.3, -0.25) is 4.99 Å². The predicted octanol–water partition coefficient (Wildman–Crippen LogP) is 1.42. The van der Waals surface area contributed by atoms with Crippen molar-refractivity contribution in [3.63, 3.8) is 0 Å². The van der Waals surface area contributed by atoms with Gasteiger partial charge in [0.15, 0.2) is 5.96 Å². The first-order chi connectivity index (χ1) is 8.50. The zero-order valence-electron chi connectivity index (χ0n) is 12.6. The van der Waals surface area contributed by atoms with Crippen LogP contribution in [0.15, 0.2) is 4.99 Å². The van der Waals surface area contributed by atoms with Gasteiger partial charge in [0.05, 0.1) is 6.54 Å². The summed E-state index contributed by atoms with van der Waals surface area (Å²) in [7, 11) is 4.22. The molecule has 0 aliphatic carbocycles. The molecule has 1 fully saturated rings. The fourth-order valence-electron chi connectivity index (χ4n) is 2.13. The van der Waals surface area contributed by atoms with Crippen molar-refractivity contribution in [1.29, 1.82) is 0 Å². The van der Waals surface area contributed by atoms with Crippen molar-refractivity contribution >= 4 is 29.9 Å². The van der Waals surface area contributed by atoms with Crippen LogP contribution >= 0.6 is 24.0 Å². The summed E-state index contributed by atoms with van der Waals surface area (Å²) in [5, 5.41) is 3.20. The van der Waals surface area contributed by atoms with E-state index in [1.54, 1.807) is 0 Å². The standard InChI is InChI=1S/C13H28N4O.HI/c1-5-11(2)16-12(14)15-10-13(17(3)4)6-8-18-9-7-13;/h11H,5-10H2,1-4H3,(H3,14,15,16);1H. The largest absolute Gasteiger partial charge is 0.381 e. The van der Waals surface area contributed by atoms with Crippen LogP contribution in [0.5, 0.6) is 0 Å². The molecule has 1 unspecified atom stereocenters. The minimum absolute atomic E-state index is 0. The monoisotopic (exact) mass is 384 g/mol. The van der Waals surface area contributed by atoms with E-state index >= 15 is 0 Å². The van der Waals surface area contributed by atoms with Crippen molar-refractivity contribution in [2.24, 2.45) is 10.7 Å². The minimum Gasteiger partial charge on any atom is -0.381 e. The van der Waals surface area contributed by atoms with Crippen LogP contribution in [0.3, 0.4) is 0 Å². The number of nitrogens with two attached hydrogens (primary N) is 1. The second-order valence-electron chi connectivity index (χ2n) is 5.39. The SMILES string of the molecule is CCC(C)NC(N)=NCC1(N(C)C)CCOCC1.I. The number of likely N-dealkylation sites (N-methyl/N-ethyl adjacent to an activating group) is 1. The topological polar surface area (TPSA) is 62.9 Å². The molecule has 0 amide bonds. The number of nitrogens with zero attached hydrogens (tertiary/aromatic N) is 2. The van der Waals surface area contributed by atoms with E-state index in [-0.39, 0.29) is 29.5 Å². The van der Waals surface area contributed by atoms with Gasteiger partial charge >= 0.3 is 0 Å². The van der Waals surface area contributed by atoms with Crippen molar-refractivity contribution in [2.45, 2.75) is 44.7 Å². The molecule has 6 heteroatoms. The number of guanidine groups is 1. The van der Waals surface area contributed by atoms with Crippen LogP contribution in [0.1, 0.15) is 33.1 Å². The van der Waals surface area contributed by atoms with Crippen molar-refractivity contribution in [3.8, 4) is 0 Å². The van der Waals surface area contributed by atoms with E-state index in [1.165, 1.54) is 0 Å². The third-order valence-electron chi connectivity index (χ3n) is 3.92. The highest BCUT2D eigenvalue weighted by Crippen LogP contribution is 2.26. The summed E-state index contributed by atoms with van der Waals surface area (Å²) in [6, 6.07) is 0.374. The number of rotatable bonds is 5. The zero-order valence-corrected chi connectivity index (χ0v) is 14.9. The molecule has 0 saturated carbocycles. The maximum absolute atomic E-state index is 5.92. The highest BCUT2D eigenvalue weighted by molar-refractivity contribution is 14.0. The molecule has 0 aromatic heterocycles. The number of hydrogen-bond donors (Lipinski definition) is 2. The van der Waals surface area contributed by atoms with Crippen molar-refractivity contribution in [1.82, 2.24) is 10.2 Å². The maximum Gasteiger partial charge on any atom is 0.188 e. The van der Waals surface area contributed by atoms with Crippen LogP contribution in [0, 0.1) is 0 Å². The molecule has 0 aromatic rings. The molecular formula is C13H29IN4O. The molecule has 0 radical (unpaired) electrons. The summed E-state index contributed by atoms with van der Waals surface area (Å²) in [5.41, 5.74) is 6.01. The minimum atomic E-state index is 0. The van der Waals surface area contributed by atoms with Gasteiger partial charge in [-0.1, -0.05) is 6.92 Å². The Hall–Kier alpha value is -0.0800. The number of aliphatic imine (C=N–C) groups is 1. The van der Waals surface area contributed by atoms with Crippen molar-refractivity contribution in [2.75, 3.05) is 33.9 Å². The van der Waals surface area contributed by atoms with Gasteiger partial charge in [-0.05, 0) is 40.3 Å². The van der Waals surface area contributed by atoms with Crippen molar-refractivity contribution in [3.05, 3.63) is 0 Å². The van der Waals surface area contributed by atoms with Crippen LogP contribution in [-0.4, -0.2) is 56.3 Å². The van der Waals surface area contributed by atoms with Gasteiger partial charge in [0.2, 0.25) is 0 Å². The first-order valence-corrected chi connectivity index (χ1v) is 6.82. The van der Waals surface area contributed by atoms with Crippen LogP contribution in [0.2, 0.25) is 0 Å². The molecule has 0 aromatic carbocycles. The molecule has 0 spiro atoms. The molecule has 0 bridgehead atoms. The van der Waals surface area contributed by atoms with Crippen LogP contribution < -0.4 is 11.1 Å². The first kappa shape index (κ1) is 18.9. The summed E-state index contributed by atoms with van der Waals surface area (Å²) in [6.45, 7) is 6.60. The van der Waals surface area contributed by atoms with E-state index in [0.717, 1.165) is 39.0 Å². The lowest BCUT2D eigenvalue weighted by molar-refractivity contribution is -0.00253. The normalized spacial score (nSPS) is 20.8. The predicted molar refractivity (Wildman–Crippen MR) is 91.3 cm³/mol. The van der Waals surface area contributed by atoms with Gasteiger partial charge in [0.25, 0.3) is 0 Å². The Morgan fingerprint density at radius 1 is 1.42 bits per heavy atom. The van der Waals surface area contributed by atoms with E-state index < -0.39 is 0 Å². The Balaban J connectivity index is 0.00000324. The molecule has 19 heavy (non-hydrogen) atoms. The first-order valence-electron chi connectivity index (χ1n) is 6.82.